The first kappa shape index (κ1) is 9.83. The number of halogens is 2. The van der Waals surface area contributed by atoms with Gasteiger partial charge in [-0.1, -0.05) is 12.1 Å². The van der Waals surface area contributed by atoms with Gasteiger partial charge in [-0.05, 0) is 12.1 Å². The molecule has 1 heterocycles. The number of fused-ring (bicyclic) bond motifs is 1. The molecule has 1 aromatic heterocycles. The third kappa shape index (κ3) is 1.42. The van der Waals surface area contributed by atoms with E-state index in [1.165, 1.54) is 4.57 Å². The Kier molecular flexibility index (Phi) is 2.49. The van der Waals surface area contributed by atoms with Gasteiger partial charge in [0.25, 0.3) is 0 Å². The number of aromatic nitrogens is 1. The molecule has 0 aliphatic carbocycles. The zero-order valence-electron chi connectivity index (χ0n) is 7.91. The van der Waals surface area contributed by atoms with Gasteiger partial charge in [-0.15, -0.1) is 0 Å². The summed E-state index contributed by atoms with van der Waals surface area (Å²) in [5.74, 6) is -0.575. The van der Waals surface area contributed by atoms with Crippen LogP contribution in [0.3, 0.4) is 0 Å². The van der Waals surface area contributed by atoms with E-state index in [1.54, 1.807) is 24.3 Å². The Morgan fingerprint density at radius 2 is 2.07 bits per heavy atom. The van der Waals surface area contributed by atoms with Crippen molar-refractivity contribution in [3.63, 3.8) is 0 Å². The Bertz CT molecular complexity index is 505. The van der Waals surface area contributed by atoms with E-state index in [0.29, 0.717) is 17.2 Å². The maximum Gasteiger partial charge on any atom is 0.169 e. The number of para-hydroxylation sites is 1. The Morgan fingerprint density at radius 3 is 2.73 bits per heavy atom. The van der Waals surface area contributed by atoms with Crippen LogP contribution >= 0.6 is 0 Å². The summed E-state index contributed by atoms with van der Waals surface area (Å²) < 4.78 is 27.3. The van der Waals surface area contributed by atoms with E-state index in [4.69, 9.17) is 0 Å². The van der Waals surface area contributed by atoms with Crippen LogP contribution < -0.4 is 0 Å². The second-order valence-corrected chi connectivity index (χ2v) is 3.17. The average Bonchev–Trinajstić information content (AvgIpc) is 2.54. The predicted octanol–water partition coefficient (Wildman–Crippen LogP) is 2.56. The Morgan fingerprint density at radius 1 is 1.33 bits per heavy atom. The van der Waals surface area contributed by atoms with Gasteiger partial charge in [0.1, 0.15) is 12.4 Å². The van der Waals surface area contributed by atoms with Crippen molar-refractivity contribution >= 4 is 17.2 Å². The van der Waals surface area contributed by atoms with Gasteiger partial charge in [0.15, 0.2) is 12.1 Å². The fourth-order valence-corrected chi connectivity index (χ4v) is 1.72. The highest BCUT2D eigenvalue weighted by Crippen LogP contribution is 2.23. The summed E-state index contributed by atoms with van der Waals surface area (Å²) in [6, 6.07) is 6.65. The SMILES string of the molecule is O=Cc1c(F)c2ccccc2n1CCF. The van der Waals surface area contributed by atoms with Crippen LogP contribution in [-0.2, 0) is 6.54 Å². The molecule has 0 atom stereocenters. The number of aldehydes is 1. The molecule has 78 valence electrons. The molecule has 4 heteroatoms. The summed E-state index contributed by atoms with van der Waals surface area (Å²) in [6.45, 7) is -0.628. The number of alkyl halides is 1. The molecule has 2 aromatic rings. The molecule has 0 aliphatic heterocycles. The Labute approximate surface area is 85.1 Å². The molecule has 0 fully saturated rings. The second-order valence-electron chi connectivity index (χ2n) is 3.17. The van der Waals surface area contributed by atoms with Crippen molar-refractivity contribution in [3.05, 3.63) is 35.8 Å². The predicted molar refractivity (Wildman–Crippen MR) is 53.3 cm³/mol. The van der Waals surface area contributed by atoms with E-state index < -0.39 is 12.5 Å². The van der Waals surface area contributed by atoms with Crippen molar-refractivity contribution < 1.29 is 13.6 Å². The summed E-state index contributed by atoms with van der Waals surface area (Å²) in [4.78, 5) is 10.7. The fraction of sp³-hybridized carbons (Fsp3) is 0.182. The monoisotopic (exact) mass is 209 g/mol. The number of nitrogens with zero attached hydrogens (tertiary/aromatic N) is 1. The molecule has 2 nitrogen and oxygen atoms in total. The summed E-state index contributed by atoms with van der Waals surface area (Å²) >= 11 is 0. The molecule has 0 amide bonds. The molecule has 0 saturated carbocycles. The second kappa shape index (κ2) is 3.81. The van der Waals surface area contributed by atoms with Crippen LogP contribution in [0.5, 0.6) is 0 Å². The maximum atomic E-state index is 13.6. The number of benzene rings is 1. The molecular formula is C11H9F2NO. The van der Waals surface area contributed by atoms with Crippen LogP contribution in [0.4, 0.5) is 8.78 Å². The molecule has 0 radical (unpaired) electrons. The van der Waals surface area contributed by atoms with Gasteiger partial charge >= 0.3 is 0 Å². The molecular weight excluding hydrogens is 200 g/mol. The summed E-state index contributed by atoms with van der Waals surface area (Å²) in [5, 5.41) is 0.355. The lowest BCUT2D eigenvalue weighted by atomic mass is 10.2. The van der Waals surface area contributed by atoms with E-state index in [0.717, 1.165) is 0 Å². The quantitative estimate of drug-likeness (QED) is 0.712. The van der Waals surface area contributed by atoms with Crippen molar-refractivity contribution in [1.82, 2.24) is 4.57 Å². The molecule has 0 unspecified atom stereocenters. The van der Waals surface area contributed by atoms with Crippen LogP contribution in [0, 0.1) is 5.82 Å². The number of rotatable bonds is 3. The fourth-order valence-electron chi connectivity index (χ4n) is 1.72. The van der Waals surface area contributed by atoms with Crippen molar-refractivity contribution in [2.75, 3.05) is 6.67 Å². The van der Waals surface area contributed by atoms with Gasteiger partial charge < -0.3 is 4.57 Å². The van der Waals surface area contributed by atoms with Gasteiger partial charge in [0.2, 0.25) is 0 Å². The summed E-state index contributed by atoms with van der Waals surface area (Å²) in [7, 11) is 0. The number of hydrogen-bond acceptors (Lipinski definition) is 1. The number of hydrogen-bond donors (Lipinski definition) is 0. The molecule has 0 saturated heterocycles. The number of carbonyl (C=O) groups is 1. The lowest BCUT2D eigenvalue weighted by Gasteiger charge is -2.02. The standard InChI is InChI=1S/C11H9F2NO/c12-5-6-14-9-4-2-1-3-8(9)11(13)10(14)7-15/h1-4,7H,5-6H2. The Hall–Kier alpha value is -1.71. The van der Waals surface area contributed by atoms with Crippen LogP contribution in [0.15, 0.2) is 24.3 Å². The van der Waals surface area contributed by atoms with E-state index in [1.807, 2.05) is 0 Å². The minimum absolute atomic E-state index is 0.00148. The lowest BCUT2D eigenvalue weighted by molar-refractivity contribution is 0.111. The van der Waals surface area contributed by atoms with E-state index in [-0.39, 0.29) is 12.2 Å². The maximum absolute atomic E-state index is 13.6. The van der Waals surface area contributed by atoms with Crippen LogP contribution in [-0.4, -0.2) is 17.5 Å². The minimum Gasteiger partial charge on any atom is -0.333 e. The van der Waals surface area contributed by atoms with Crippen LogP contribution in [0.2, 0.25) is 0 Å². The summed E-state index contributed by atoms with van der Waals surface area (Å²) in [5.41, 5.74) is 0.462. The summed E-state index contributed by atoms with van der Waals surface area (Å²) in [6.07, 6.45) is 0.422. The van der Waals surface area contributed by atoms with Gasteiger partial charge in [0, 0.05) is 5.39 Å². The first-order chi connectivity index (χ1) is 7.29. The van der Waals surface area contributed by atoms with Crippen molar-refractivity contribution in [2.24, 2.45) is 0 Å². The van der Waals surface area contributed by atoms with Crippen LogP contribution in [0.25, 0.3) is 10.9 Å². The molecule has 0 bridgehead atoms. The number of carbonyl (C=O) groups excluding carboxylic acids is 1. The zero-order chi connectivity index (χ0) is 10.8. The molecule has 0 aliphatic rings. The van der Waals surface area contributed by atoms with Crippen molar-refractivity contribution in [1.29, 1.82) is 0 Å². The van der Waals surface area contributed by atoms with Crippen molar-refractivity contribution in [2.45, 2.75) is 6.54 Å². The average molecular weight is 209 g/mol. The van der Waals surface area contributed by atoms with Crippen LogP contribution in [0.1, 0.15) is 10.5 Å². The number of aryl methyl sites for hydroxylation is 1. The smallest absolute Gasteiger partial charge is 0.169 e. The van der Waals surface area contributed by atoms with E-state index >= 15 is 0 Å². The third-order valence-electron chi connectivity index (χ3n) is 2.37. The highest BCUT2D eigenvalue weighted by Gasteiger charge is 2.15. The first-order valence-electron chi connectivity index (χ1n) is 4.57. The van der Waals surface area contributed by atoms with Crippen molar-refractivity contribution in [3.8, 4) is 0 Å². The van der Waals surface area contributed by atoms with Gasteiger partial charge in [-0.3, -0.25) is 4.79 Å². The van der Waals surface area contributed by atoms with Gasteiger partial charge in [-0.25, -0.2) is 8.78 Å². The minimum atomic E-state index is -0.626. The van der Waals surface area contributed by atoms with E-state index in [2.05, 4.69) is 0 Å². The molecule has 0 spiro atoms. The van der Waals surface area contributed by atoms with Gasteiger partial charge in [-0.2, -0.15) is 0 Å². The molecule has 1 aromatic carbocycles. The molecule has 15 heavy (non-hydrogen) atoms. The largest absolute Gasteiger partial charge is 0.333 e. The highest BCUT2D eigenvalue weighted by atomic mass is 19.1. The molecule has 0 N–H and O–H groups in total. The first-order valence-corrected chi connectivity index (χ1v) is 4.57. The highest BCUT2D eigenvalue weighted by molar-refractivity contribution is 5.89. The zero-order valence-corrected chi connectivity index (χ0v) is 7.91. The lowest BCUT2D eigenvalue weighted by Crippen LogP contribution is -2.04. The Balaban J connectivity index is 2.78. The van der Waals surface area contributed by atoms with Gasteiger partial charge in [0.05, 0.1) is 12.1 Å². The third-order valence-corrected chi connectivity index (χ3v) is 2.37. The molecule has 2 rings (SSSR count). The normalized spacial score (nSPS) is 10.8. The topological polar surface area (TPSA) is 22.0 Å². The van der Waals surface area contributed by atoms with E-state index in [9.17, 15) is 13.6 Å².